The lowest BCUT2D eigenvalue weighted by atomic mass is 9.97. The summed E-state index contributed by atoms with van der Waals surface area (Å²) >= 11 is 0. The van der Waals surface area contributed by atoms with Crippen LogP contribution in [0.15, 0.2) is 18.2 Å². The lowest BCUT2D eigenvalue weighted by Crippen LogP contribution is -2.09. The summed E-state index contributed by atoms with van der Waals surface area (Å²) in [5.41, 5.74) is 2.47. The zero-order valence-electron chi connectivity index (χ0n) is 9.62. The molecule has 1 aromatic carbocycles. The minimum atomic E-state index is -0.243. The van der Waals surface area contributed by atoms with Crippen molar-refractivity contribution in [1.29, 1.82) is 5.26 Å². The molecule has 0 aromatic heterocycles. The molecule has 0 bridgehead atoms. The van der Waals surface area contributed by atoms with E-state index in [9.17, 15) is 4.79 Å². The van der Waals surface area contributed by atoms with Gasteiger partial charge in [0.05, 0.1) is 24.7 Å². The smallest absolute Gasteiger partial charge is 0.310 e. The van der Waals surface area contributed by atoms with E-state index in [1.54, 1.807) is 19.1 Å². The molecular formula is C13H15NO2. The van der Waals surface area contributed by atoms with Crippen molar-refractivity contribution in [3.05, 3.63) is 34.9 Å². The summed E-state index contributed by atoms with van der Waals surface area (Å²) < 4.78 is 4.90. The van der Waals surface area contributed by atoms with Crippen LogP contribution in [0.25, 0.3) is 0 Å². The molecule has 3 heteroatoms. The summed E-state index contributed by atoms with van der Waals surface area (Å²) in [4.78, 5) is 11.4. The molecule has 0 saturated heterocycles. The fourth-order valence-electron chi connectivity index (χ4n) is 1.69. The van der Waals surface area contributed by atoms with Crippen LogP contribution >= 0.6 is 0 Å². The van der Waals surface area contributed by atoms with Crippen LogP contribution in [0.2, 0.25) is 0 Å². The number of carbonyl (C=O) groups excluding carboxylic acids is 1. The topological polar surface area (TPSA) is 50.1 Å². The van der Waals surface area contributed by atoms with Gasteiger partial charge in [-0.15, -0.1) is 0 Å². The molecule has 0 heterocycles. The number of hydrogen-bond acceptors (Lipinski definition) is 3. The Hall–Kier alpha value is -1.82. The molecule has 0 aliphatic heterocycles. The van der Waals surface area contributed by atoms with Gasteiger partial charge in [-0.05, 0) is 30.5 Å². The normalized spacial score (nSPS) is 9.56. The summed E-state index contributed by atoms with van der Waals surface area (Å²) in [7, 11) is 0. The molecule has 0 saturated carbocycles. The Balaban J connectivity index is 2.96. The van der Waals surface area contributed by atoms with Crippen molar-refractivity contribution in [2.75, 3.05) is 6.61 Å². The average molecular weight is 217 g/mol. The maximum Gasteiger partial charge on any atom is 0.310 e. The second kappa shape index (κ2) is 5.92. The fraction of sp³-hybridized carbons (Fsp3) is 0.385. The lowest BCUT2D eigenvalue weighted by Gasteiger charge is -2.08. The number of ether oxygens (including phenoxy) is 1. The largest absolute Gasteiger partial charge is 0.466 e. The molecular weight excluding hydrogens is 202 g/mol. The minimum absolute atomic E-state index is 0.243. The Morgan fingerprint density at radius 1 is 1.44 bits per heavy atom. The van der Waals surface area contributed by atoms with E-state index in [1.807, 2.05) is 13.0 Å². The van der Waals surface area contributed by atoms with E-state index >= 15 is 0 Å². The van der Waals surface area contributed by atoms with Crippen molar-refractivity contribution in [2.24, 2.45) is 0 Å². The molecule has 0 fully saturated rings. The van der Waals surface area contributed by atoms with Crippen LogP contribution in [-0.2, 0) is 22.4 Å². The highest BCUT2D eigenvalue weighted by Crippen LogP contribution is 2.16. The van der Waals surface area contributed by atoms with Crippen LogP contribution in [-0.4, -0.2) is 12.6 Å². The molecule has 16 heavy (non-hydrogen) atoms. The van der Waals surface area contributed by atoms with Crippen LogP contribution in [0.5, 0.6) is 0 Å². The van der Waals surface area contributed by atoms with Crippen LogP contribution in [0.3, 0.4) is 0 Å². The summed E-state index contributed by atoms with van der Waals surface area (Å²) in [5.74, 6) is -0.243. The summed E-state index contributed by atoms with van der Waals surface area (Å²) in [6, 6.07) is 7.58. The number of nitriles is 1. The lowest BCUT2D eigenvalue weighted by molar-refractivity contribution is -0.142. The molecule has 0 spiro atoms. The van der Waals surface area contributed by atoms with E-state index in [-0.39, 0.29) is 12.4 Å². The molecule has 1 rings (SSSR count). The minimum Gasteiger partial charge on any atom is -0.466 e. The van der Waals surface area contributed by atoms with Crippen molar-refractivity contribution in [3.8, 4) is 6.07 Å². The van der Waals surface area contributed by atoms with Gasteiger partial charge in [-0.25, -0.2) is 0 Å². The second-order valence-corrected chi connectivity index (χ2v) is 3.39. The van der Waals surface area contributed by atoms with Gasteiger partial charge >= 0.3 is 5.97 Å². The Labute approximate surface area is 95.7 Å². The zero-order valence-corrected chi connectivity index (χ0v) is 9.62. The molecule has 0 aliphatic carbocycles. The van der Waals surface area contributed by atoms with E-state index in [1.165, 1.54) is 0 Å². The van der Waals surface area contributed by atoms with Gasteiger partial charge in [0.15, 0.2) is 0 Å². The number of hydrogen-bond donors (Lipinski definition) is 0. The highest BCUT2D eigenvalue weighted by molar-refractivity contribution is 5.73. The predicted octanol–water partition coefficient (Wildman–Crippen LogP) is 2.23. The highest BCUT2D eigenvalue weighted by atomic mass is 16.5. The van der Waals surface area contributed by atoms with Crippen molar-refractivity contribution in [1.82, 2.24) is 0 Å². The van der Waals surface area contributed by atoms with E-state index in [0.717, 1.165) is 17.5 Å². The van der Waals surface area contributed by atoms with Gasteiger partial charge in [0.2, 0.25) is 0 Å². The third-order valence-corrected chi connectivity index (χ3v) is 2.39. The van der Waals surface area contributed by atoms with E-state index in [2.05, 4.69) is 6.07 Å². The summed E-state index contributed by atoms with van der Waals surface area (Å²) in [6.45, 7) is 4.15. The first-order chi connectivity index (χ1) is 7.72. The number of carbonyl (C=O) groups is 1. The van der Waals surface area contributed by atoms with Gasteiger partial charge < -0.3 is 4.74 Å². The van der Waals surface area contributed by atoms with Gasteiger partial charge in [-0.1, -0.05) is 19.1 Å². The molecule has 1 aromatic rings. The van der Waals surface area contributed by atoms with E-state index in [4.69, 9.17) is 10.00 Å². The molecule has 0 atom stereocenters. The van der Waals surface area contributed by atoms with Crippen LogP contribution in [0.4, 0.5) is 0 Å². The van der Waals surface area contributed by atoms with Crippen molar-refractivity contribution >= 4 is 5.97 Å². The Bertz CT molecular complexity index is 418. The van der Waals surface area contributed by atoms with Crippen molar-refractivity contribution in [3.63, 3.8) is 0 Å². The first-order valence-corrected chi connectivity index (χ1v) is 5.39. The molecule has 0 amide bonds. The molecule has 0 N–H and O–H groups in total. The maximum atomic E-state index is 11.4. The van der Waals surface area contributed by atoms with Crippen LogP contribution in [0, 0.1) is 11.3 Å². The van der Waals surface area contributed by atoms with E-state index < -0.39 is 0 Å². The fourth-order valence-corrected chi connectivity index (χ4v) is 1.69. The molecule has 0 unspecified atom stereocenters. The number of benzene rings is 1. The maximum absolute atomic E-state index is 11.4. The Kier molecular flexibility index (Phi) is 4.53. The first kappa shape index (κ1) is 12.3. The van der Waals surface area contributed by atoms with Gasteiger partial charge in [-0.3, -0.25) is 4.79 Å². The number of nitrogens with zero attached hydrogens (tertiary/aromatic N) is 1. The Morgan fingerprint density at radius 3 is 2.75 bits per heavy atom. The van der Waals surface area contributed by atoms with E-state index in [0.29, 0.717) is 12.2 Å². The molecule has 3 nitrogen and oxygen atoms in total. The van der Waals surface area contributed by atoms with Gasteiger partial charge in [0, 0.05) is 0 Å². The number of rotatable bonds is 4. The monoisotopic (exact) mass is 217 g/mol. The first-order valence-electron chi connectivity index (χ1n) is 5.39. The molecule has 84 valence electrons. The quantitative estimate of drug-likeness (QED) is 0.726. The van der Waals surface area contributed by atoms with Gasteiger partial charge in [-0.2, -0.15) is 5.26 Å². The zero-order chi connectivity index (χ0) is 12.0. The highest BCUT2D eigenvalue weighted by Gasteiger charge is 2.10. The average Bonchev–Trinajstić information content (AvgIpc) is 2.29. The SMILES string of the molecule is CCOC(=O)Cc1cccc(C#N)c1CC. The van der Waals surface area contributed by atoms with Crippen molar-refractivity contribution in [2.45, 2.75) is 26.7 Å². The standard InChI is InChI=1S/C13H15NO2/c1-3-12-10(8-13(15)16-4-2)6-5-7-11(12)9-14/h5-7H,3-4,8H2,1-2H3. The summed E-state index contributed by atoms with van der Waals surface area (Å²) in [5, 5.41) is 8.95. The van der Waals surface area contributed by atoms with Gasteiger partial charge in [0.25, 0.3) is 0 Å². The molecule has 0 radical (unpaired) electrons. The molecule has 0 aliphatic rings. The number of esters is 1. The van der Waals surface area contributed by atoms with Gasteiger partial charge in [0.1, 0.15) is 0 Å². The van der Waals surface area contributed by atoms with Crippen LogP contribution < -0.4 is 0 Å². The predicted molar refractivity (Wildman–Crippen MR) is 60.9 cm³/mol. The second-order valence-electron chi connectivity index (χ2n) is 3.39. The third-order valence-electron chi connectivity index (χ3n) is 2.39. The summed E-state index contributed by atoms with van der Waals surface area (Å²) in [6.07, 6.45) is 0.991. The Morgan fingerprint density at radius 2 is 2.19 bits per heavy atom. The third kappa shape index (κ3) is 2.83. The van der Waals surface area contributed by atoms with Crippen LogP contribution in [0.1, 0.15) is 30.5 Å². The van der Waals surface area contributed by atoms with Crippen molar-refractivity contribution < 1.29 is 9.53 Å².